The van der Waals surface area contributed by atoms with Gasteiger partial charge in [0.15, 0.2) is 11.5 Å². The molecule has 0 heterocycles. The molecule has 2 rings (SSSR count). The average molecular weight is 329 g/mol. The van der Waals surface area contributed by atoms with Crippen molar-refractivity contribution in [2.24, 2.45) is 0 Å². The number of methoxy groups -OCH3 is 2. The molecule has 0 saturated heterocycles. The van der Waals surface area contributed by atoms with Crippen LogP contribution in [-0.2, 0) is 6.54 Å². The highest BCUT2D eigenvalue weighted by atomic mass is 16.5. The highest BCUT2D eigenvalue weighted by Gasteiger charge is 2.10. The van der Waals surface area contributed by atoms with E-state index in [0.29, 0.717) is 12.6 Å². The fourth-order valence-corrected chi connectivity index (χ4v) is 2.67. The molecule has 1 atom stereocenters. The second-order valence-corrected chi connectivity index (χ2v) is 5.53. The molecule has 0 spiro atoms. The zero-order valence-electron chi connectivity index (χ0n) is 15.0. The monoisotopic (exact) mass is 329 g/mol. The number of hydrogen-bond acceptors (Lipinski definition) is 4. The minimum absolute atomic E-state index is 0.300. The lowest BCUT2D eigenvalue weighted by Gasteiger charge is -2.18. The topological polar surface area (TPSA) is 39.7 Å². The molecule has 130 valence electrons. The second-order valence-electron chi connectivity index (χ2n) is 5.53. The SMILES string of the molecule is CCOc1ccc(CNC(CC)c2ccc(OC)cc2)cc1OC. The van der Waals surface area contributed by atoms with E-state index in [2.05, 4.69) is 30.4 Å². The first-order valence-electron chi connectivity index (χ1n) is 8.38. The van der Waals surface area contributed by atoms with Gasteiger partial charge in [0.25, 0.3) is 0 Å². The molecule has 4 heteroatoms. The predicted molar refractivity (Wildman–Crippen MR) is 97.0 cm³/mol. The molecule has 4 nitrogen and oxygen atoms in total. The molecule has 0 bridgehead atoms. The number of nitrogens with one attached hydrogen (secondary N) is 1. The Kier molecular flexibility index (Phi) is 6.94. The summed E-state index contributed by atoms with van der Waals surface area (Å²) in [5.41, 5.74) is 2.43. The minimum Gasteiger partial charge on any atom is -0.497 e. The van der Waals surface area contributed by atoms with E-state index in [9.17, 15) is 0 Å². The van der Waals surface area contributed by atoms with E-state index in [4.69, 9.17) is 14.2 Å². The smallest absolute Gasteiger partial charge is 0.161 e. The van der Waals surface area contributed by atoms with Crippen molar-refractivity contribution in [3.8, 4) is 17.2 Å². The maximum atomic E-state index is 5.56. The Hall–Kier alpha value is -2.20. The Morgan fingerprint density at radius 1 is 0.917 bits per heavy atom. The summed E-state index contributed by atoms with van der Waals surface area (Å²) in [4.78, 5) is 0. The normalized spacial score (nSPS) is 11.8. The van der Waals surface area contributed by atoms with Gasteiger partial charge >= 0.3 is 0 Å². The van der Waals surface area contributed by atoms with Crippen LogP contribution in [0.3, 0.4) is 0 Å². The van der Waals surface area contributed by atoms with Crippen LogP contribution in [0, 0.1) is 0 Å². The fourth-order valence-electron chi connectivity index (χ4n) is 2.67. The van der Waals surface area contributed by atoms with Gasteiger partial charge < -0.3 is 19.5 Å². The Morgan fingerprint density at radius 3 is 2.25 bits per heavy atom. The van der Waals surface area contributed by atoms with E-state index in [-0.39, 0.29) is 0 Å². The lowest BCUT2D eigenvalue weighted by atomic mass is 10.0. The molecule has 0 saturated carbocycles. The molecule has 2 aromatic carbocycles. The van der Waals surface area contributed by atoms with E-state index in [1.165, 1.54) is 11.1 Å². The number of hydrogen-bond donors (Lipinski definition) is 1. The lowest BCUT2D eigenvalue weighted by molar-refractivity contribution is 0.310. The van der Waals surface area contributed by atoms with Gasteiger partial charge in [-0.2, -0.15) is 0 Å². The molecule has 2 aromatic rings. The maximum absolute atomic E-state index is 5.56. The molecule has 0 aliphatic rings. The summed E-state index contributed by atoms with van der Waals surface area (Å²) in [6.45, 7) is 5.55. The van der Waals surface area contributed by atoms with Gasteiger partial charge in [-0.15, -0.1) is 0 Å². The summed E-state index contributed by atoms with van der Waals surface area (Å²) >= 11 is 0. The second kappa shape index (κ2) is 9.18. The van der Waals surface area contributed by atoms with Crippen LogP contribution in [-0.4, -0.2) is 20.8 Å². The first kappa shape index (κ1) is 18.1. The fraction of sp³-hybridized carbons (Fsp3) is 0.400. The number of benzene rings is 2. The van der Waals surface area contributed by atoms with Crippen LogP contribution in [0.5, 0.6) is 17.2 Å². The minimum atomic E-state index is 0.300. The summed E-state index contributed by atoms with van der Waals surface area (Å²) in [5.74, 6) is 2.43. The van der Waals surface area contributed by atoms with Gasteiger partial charge in [-0.3, -0.25) is 0 Å². The van der Waals surface area contributed by atoms with Gasteiger partial charge in [0.1, 0.15) is 5.75 Å². The lowest BCUT2D eigenvalue weighted by Crippen LogP contribution is -2.20. The third-order valence-electron chi connectivity index (χ3n) is 4.01. The molecule has 0 aromatic heterocycles. The maximum Gasteiger partial charge on any atom is 0.161 e. The van der Waals surface area contributed by atoms with Crippen molar-refractivity contribution < 1.29 is 14.2 Å². The Balaban J connectivity index is 2.04. The Labute approximate surface area is 144 Å². The third-order valence-corrected chi connectivity index (χ3v) is 4.01. The molecule has 0 radical (unpaired) electrons. The van der Waals surface area contributed by atoms with Gasteiger partial charge in [0.2, 0.25) is 0 Å². The molecule has 0 fully saturated rings. The van der Waals surface area contributed by atoms with Crippen LogP contribution in [0.2, 0.25) is 0 Å². The van der Waals surface area contributed by atoms with Crippen molar-refractivity contribution in [1.29, 1.82) is 0 Å². The van der Waals surface area contributed by atoms with Gasteiger partial charge in [-0.25, -0.2) is 0 Å². The quantitative estimate of drug-likeness (QED) is 0.743. The molecule has 0 aliphatic carbocycles. The largest absolute Gasteiger partial charge is 0.497 e. The average Bonchev–Trinajstić information content (AvgIpc) is 2.64. The van der Waals surface area contributed by atoms with Crippen LogP contribution >= 0.6 is 0 Å². The molecule has 0 amide bonds. The highest BCUT2D eigenvalue weighted by molar-refractivity contribution is 5.43. The number of ether oxygens (including phenoxy) is 3. The van der Waals surface area contributed by atoms with E-state index >= 15 is 0 Å². The van der Waals surface area contributed by atoms with Crippen LogP contribution in [0.1, 0.15) is 37.4 Å². The molecular weight excluding hydrogens is 302 g/mol. The van der Waals surface area contributed by atoms with Crippen LogP contribution < -0.4 is 19.5 Å². The van der Waals surface area contributed by atoms with Crippen molar-refractivity contribution in [1.82, 2.24) is 5.32 Å². The first-order chi connectivity index (χ1) is 11.7. The first-order valence-corrected chi connectivity index (χ1v) is 8.38. The summed E-state index contributed by atoms with van der Waals surface area (Å²) in [7, 11) is 3.35. The van der Waals surface area contributed by atoms with Gasteiger partial charge in [0.05, 0.1) is 20.8 Å². The van der Waals surface area contributed by atoms with E-state index in [0.717, 1.165) is 30.2 Å². The third kappa shape index (κ3) is 4.65. The van der Waals surface area contributed by atoms with Gasteiger partial charge in [-0.1, -0.05) is 25.1 Å². The zero-order valence-corrected chi connectivity index (χ0v) is 15.0. The van der Waals surface area contributed by atoms with Crippen LogP contribution in [0.25, 0.3) is 0 Å². The summed E-state index contributed by atoms with van der Waals surface area (Å²) in [5, 5.41) is 3.61. The standard InChI is InChI=1S/C20H27NO3/c1-5-18(16-8-10-17(22-3)11-9-16)21-14-15-7-12-19(24-6-2)20(13-15)23-4/h7-13,18,21H,5-6,14H2,1-4H3. The van der Waals surface area contributed by atoms with Crippen LogP contribution in [0.4, 0.5) is 0 Å². The zero-order chi connectivity index (χ0) is 17.4. The van der Waals surface area contributed by atoms with Crippen molar-refractivity contribution in [2.75, 3.05) is 20.8 Å². The Morgan fingerprint density at radius 2 is 1.67 bits per heavy atom. The summed E-state index contributed by atoms with van der Waals surface area (Å²) < 4.78 is 16.2. The van der Waals surface area contributed by atoms with Crippen molar-refractivity contribution >= 4 is 0 Å². The summed E-state index contributed by atoms with van der Waals surface area (Å²) in [6, 6.07) is 14.6. The molecule has 1 unspecified atom stereocenters. The van der Waals surface area contributed by atoms with Crippen molar-refractivity contribution in [2.45, 2.75) is 32.9 Å². The van der Waals surface area contributed by atoms with E-state index in [1.54, 1.807) is 14.2 Å². The van der Waals surface area contributed by atoms with Crippen LogP contribution in [0.15, 0.2) is 42.5 Å². The van der Waals surface area contributed by atoms with E-state index in [1.807, 2.05) is 31.2 Å². The summed E-state index contributed by atoms with van der Waals surface area (Å²) in [6.07, 6.45) is 1.01. The van der Waals surface area contributed by atoms with E-state index < -0.39 is 0 Å². The van der Waals surface area contributed by atoms with Gasteiger partial charge in [-0.05, 0) is 48.7 Å². The van der Waals surface area contributed by atoms with Crippen molar-refractivity contribution in [3.63, 3.8) is 0 Å². The molecular formula is C20H27NO3. The molecule has 0 aliphatic heterocycles. The molecule has 1 N–H and O–H groups in total. The van der Waals surface area contributed by atoms with Gasteiger partial charge in [0, 0.05) is 12.6 Å². The highest BCUT2D eigenvalue weighted by Crippen LogP contribution is 2.28. The number of rotatable bonds is 9. The van der Waals surface area contributed by atoms with Crippen molar-refractivity contribution in [3.05, 3.63) is 53.6 Å². The predicted octanol–water partition coefficient (Wildman–Crippen LogP) is 4.34. The molecule has 24 heavy (non-hydrogen) atoms. The Bertz CT molecular complexity index is 625.